The van der Waals surface area contributed by atoms with E-state index < -0.39 is 0 Å². The Balaban J connectivity index is 1.66. The lowest BCUT2D eigenvalue weighted by Crippen LogP contribution is -2.36. The van der Waals surface area contributed by atoms with Gasteiger partial charge in [0.25, 0.3) is 0 Å². The van der Waals surface area contributed by atoms with Crippen LogP contribution < -0.4 is 10.1 Å². The van der Waals surface area contributed by atoms with E-state index in [-0.39, 0.29) is 0 Å². The number of hydrogen-bond acceptors (Lipinski definition) is 3. The van der Waals surface area contributed by atoms with E-state index in [1.807, 2.05) is 18.2 Å². The van der Waals surface area contributed by atoms with Crippen molar-refractivity contribution in [2.45, 2.75) is 45.3 Å². The summed E-state index contributed by atoms with van der Waals surface area (Å²) in [5, 5.41) is 3.61. The van der Waals surface area contributed by atoms with Crippen LogP contribution in [-0.2, 0) is 11.3 Å². The number of hydrogen-bond donors (Lipinski definition) is 1. The molecule has 0 heterocycles. The van der Waals surface area contributed by atoms with Crippen LogP contribution in [0.1, 0.15) is 38.2 Å². The molecule has 3 nitrogen and oxygen atoms in total. The van der Waals surface area contributed by atoms with Crippen LogP contribution in [0.5, 0.6) is 5.75 Å². The van der Waals surface area contributed by atoms with Gasteiger partial charge in [-0.1, -0.05) is 31.9 Å². The zero-order chi connectivity index (χ0) is 14.2. The molecule has 0 amide bonds. The Hall–Kier alpha value is -1.06. The van der Waals surface area contributed by atoms with Crippen molar-refractivity contribution in [1.29, 1.82) is 0 Å². The van der Waals surface area contributed by atoms with Gasteiger partial charge in [-0.3, -0.25) is 0 Å². The van der Waals surface area contributed by atoms with Crippen molar-refractivity contribution in [3.63, 3.8) is 0 Å². The summed E-state index contributed by atoms with van der Waals surface area (Å²) >= 11 is 0. The maximum absolute atomic E-state index is 5.79. The van der Waals surface area contributed by atoms with E-state index in [1.54, 1.807) is 7.11 Å². The third-order valence-corrected chi connectivity index (χ3v) is 3.95. The number of benzene rings is 1. The molecule has 0 saturated heterocycles. The topological polar surface area (TPSA) is 30.5 Å². The fraction of sp³-hybridized carbons (Fsp3) is 0.647. The highest BCUT2D eigenvalue weighted by atomic mass is 16.5. The summed E-state index contributed by atoms with van der Waals surface area (Å²) in [4.78, 5) is 0. The summed E-state index contributed by atoms with van der Waals surface area (Å²) in [6.07, 6.45) is 5.37. The van der Waals surface area contributed by atoms with Crippen molar-refractivity contribution < 1.29 is 9.47 Å². The van der Waals surface area contributed by atoms with E-state index in [4.69, 9.17) is 9.47 Å². The highest BCUT2D eigenvalue weighted by Crippen LogP contribution is 2.23. The average molecular weight is 277 g/mol. The predicted octanol–water partition coefficient (Wildman–Crippen LogP) is 3.38. The molecule has 1 aromatic rings. The second-order valence-corrected chi connectivity index (χ2v) is 5.85. The first-order valence-corrected chi connectivity index (χ1v) is 7.72. The minimum atomic E-state index is 0.634. The summed E-state index contributed by atoms with van der Waals surface area (Å²) in [6, 6.07) is 8.80. The van der Waals surface area contributed by atoms with Crippen molar-refractivity contribution >= 4 is 0 Å². The van der Waals surface area contributed by atoms with Crippen LogP contribution in [0.4, 0.5) is 0 Å². The van der Waals surface area contributed by atoms with E-state index in [9.17, 15) is 0 Å². The lowest BCUT2D eigenvalue weighted by molar-refractivity contribution is 0.184. The number of methoxy groups -OCH3 is 1. The molecular weight excluding hydrogens is 250 g/mol. The molecule has 1 aromatic carbocycles. The molecular formula is C17H27NO2. The van der Waals surface area contributed by atoms with E-state index in [0.29, 0.717) is 12.6 Å². The van der Waals surface area contributed by atoms with Crippen molar-refractivity contribution in [2.75, 3.05) is 20.3 Å². The maximum atomic E-state index is 5.79. The zero-order valence-electron chi connectivity index (χ0n) is 12.7. The molecule has 0 spiro atoms. The summed E-state index contributed by atoms with van der Waals surface area (Å²) in [7, 11) is 1.71. The minimum absolute atomic E-state index is 0.634. The summed E-state index contributed by atoms with van der Waals surface area (Å²) < 4.78 is 10.9. The standard InChI is InChI=1S/C17H27NO2/c1-14-5-3-7-16(11-14)18-9-10-20-17-8-4-6-15(12-17)13-19-2/h4,6,8,12,14,16,18H,3,5,7,9-11,13H2,1-2H3. The lowest BCUT2D eigenvalue weighted by atomic mass is 9.87. The molecule has 3 heteroatoms. The lowest BCUT2D eigenvalue weighted by Gasteiger charge is -2.27. The Bertz CT molecular complexity index is 394. The SMILES string of the molecule is COCc1cccc(OCCNC2CCCC(C)C2)c1. The van der Waals surface area contributed by atoms with E-state index in [2.05, 4.69) is 18.3 Å². The number of nitrogens with one attached hydrogen (secondary N) is 1. The van der Waals surface area contributed by atoms with Crippen LogP contribution in [-0.4, -0.2) is 26.3 Å². The first-order chi connectivity index (χ1) is 9.78. The maximum Gasteiger partial charge on any atom is 0.119 e. The molecule has 0 bridgehead atoms. The van der Waals surface area contributed by atoms with Crippen molar-refractivity contribution in [1.82, 2.24) is 5.32 Å². The van der Waals surface area contributed by atoms with Gasteiger partial charge in [-0.15, -0.1) is 0 Å². The van der Waals surface area contributed by atoms with Gasteiger partial charge in [0, 0.05) is 19.7 Å². The Morgan fingerprint density at radius 1 is 1.30 bits per heavy atom. The average Bonchev–Trinajstić information content (AvgIpc) is 2.45. The zero-order valence-corrected chi connectivity index (χ0v) is 12.7. The minimum Gasteiger partial charge on any atom is -0.492 e. The van der Waals surface area contributed by atoms with Gasteiger partial charge in [0.2, 0.25) is 0 Å². The molecule has 1 N–H and O–H groups in total. The van der Waals surface area contributed by atoms with Crippen LogP contribution in [0.3, 0.4) is 0 Å². The molecule has 0 aromatic heterocycles. The van der Waals surface area contributed by atoms with Gasteiger partial charge < -0.3 is 14.8 Å². The molecule has 20 heavy (non-hydrogen) atoms. The third-order valence-electron chi connectivity index (χ3n) is 3.95. The van der Waals surface area contributed by atoms with Gasteiger partial charge in [-0.2, -0.15) is 0 Å². The number of rotatable bonds is 7. The van der Waals surface area contributed by atoms with Gasteiger partial charge >= 0.3 is 0 Å². The molecule has 1 fully saturated rings. The van der Waals surface area contributed by atoms with Gasteiger partial charge in [-0.05, 0) is 36.5 Å². The third kappa shape index (κ3) is 5.14. The normalized spacial score (nSPS) is 22.7. The van der Waals surface area contributed by atoms with Crippen LogP contribution in [0.15, 0.2) is 24.3 Å². The summed E-state index contributed by atoms with van der Waals surface area (Å²) in [6.45, 7) is 4.63. The molecule has 1 aliphatic carbocycles. The van der Waals surface area contributed by atoms with Gasteiger partial charge in [0.15, 0.2) is 0 Å². The molecule has 112 valence electrons. The molecule has 0 radical (unpaired) electrons. The monoisotopic (exact) mass is 277 g/mol. The van der Waals surface area contributed by atoms with Crippen molar-refractivity contribution in [2.24, 2.45) is 5.92 Å². The highest BCUT2D eigenvalue weighted by molar-refractivity contribution is 5.28. The second-order valence-electron chi connectivity index (χ2n) is 5.85. The van der Waals surface area contributed by atoms with Crippen molar-refractivity contribution in [3.05, 3.63) is 29.8 Å². The predicted molar refractivity (Wildman–Crippen MR) is 82.1 cm³/mol. The molecule has 1 saturated carbocycles. The Labute approximate surface area is 122 Å². The molecule has 2 atom stereocenters. The second kappa shape index (κ2) is 8.28. The summed E-state index contributed by atoms with van der Waals surface area (Å²) in [5.41, 5.74) is 1.15. The fourth-order valence-electron chi connectivity index (χ4n) is 2.94. The smallest absolute Gasteiger partial charge is 0.119 e. The van der Waals surface area contributed by atoms with Gasteiger partial charge in [0.1, 0.15) is 12.4 Å². The first-order valence-electron chi connectivity index (χ1n) is 7.72. The molecule has 0 aliphatic heterocycles. The quantitative estimate of drug-likeness (QED) is 0.775. The van der Waals surface area contributed by atoms with Crippen LogP contribution in [0.25, 0.3) is 0 Å². The molecule has 1 aliphatic rings. The van der Waals surface area contributed by atoms with Crippen LogP contribution in [0, 0.1) is 5.92 Å². The van der Waals surface area contributed by atoms with Gasteiger partial charge in [0.05, 0.1) is 6.61 Å². The Morgan fingerprint density at radius 2 is 2.20 bits per heavy atom. The van der Waals surface area contributed by atoms with E-state index in [0.717, 1.165) is 30.4 Å². The van der Waals surface area contributed by atoms with Crippen LogP contribution >= 0.6 is 0 Å². The molecule has 2 unspecified atom stereocenters. The van der Waals surface area contributed by atoms with E-state index >= 15 is 0 Å². The Morgan fingerprint density at radius 3 is 3.00 bits per heavy atom. The van der Waals surface area contributed by atoms with Crippen molar-refractivity contribution in [3.8, 4) is 5.75 Å². The van der Waals surface area contributed by atoms with E-state index in [1.165, 1.54) is 25.7 Å². The van der Waals surface area contributed by atoms with Crippen LogP contribution in [0.2, 0.25) is 0 Å². The molecule has 2 rings (SSSR count). The highest BCUT2D eigenvalue weighted by Gasteiger charge is 2.17. The fourth-order valence-corrected chi connectivity index (χ4v) is 2.94. The number of ether oxygens (including phenoxy) is 2. The largest absolute Gasteiger partial charge is 0.492 e. The summed E-state index contributed by atoms with van der Waals surface area (Å²) in [5.74, 6) is 1.80. The first kappa shape index (κ1) is 15.3. The Kier molecular flexibility index (Phi) is 6.34. The van der Waals surface area contributed by atoms with Gasteiger partial charge in [-0.25, -0.2) is 0 Å².